The van der Waals surface area contributed by atoms with E-state index < -0.39 is 0 Å². The summed E-state index contributed by atoms with van der Waals surface area (Å²) in [5.74, 6) is 1.18. The number of aromatic nitrogens is 3. The highest BCUT2D eigenvalue weighted by atomic mass is 32.1. The average molecular weight is 451 g/mol. The van der Waals surface area contributed by atoms with E-state index in [4.69, 9.17) is 14.5 Å². The van der Waals surface area contributed by atoms with E-state index in [1.807, 2.05) is 69.3 Å². The molecular weight excluding hydrogens is 424 g/mol. The Morgan fingerprint density at radius 1 is 1.09 bits per heavy atom. The van der Waals surface area contributed by atoms with Gasteiger partial charge in [0.05, 0.1) is 26.5 Å². The summed E-state index contributed by atoms with van der Waals surface area (Å²) in [6.45, 7) is 6.30. The van der Waals surface area contributed by atoms with E-state index in [0.29, 0.717) is 34.4 Å². The number of amides is 1. The second-order valence-corrected chi connectivity index (χ2v) is 8.71. The number of carbonyl (C=O) groups is 1. The van der Waals surface area contributed by atoms with Crippen LogP contribution in [-0.4, -0.2) is 34.9 Å². The van der Waals surface area contributed by atoms with Crippen LogP contribution in [0.3, 0.4) is 0 Å². The maximum absolute atomic E-state index is 13.8. The van der Waals surface area contributed by atoms with Crippen LogP contribution in [0, 0.1) is 6.92 Å². The molecule has 32 heavy (non-hydrogen) atoms. The summed E-state index contributed by atoms with van der Waals surface area (Å²) in [4.78, 5) is 20.4. The molecule has 0 radical (unpaired) electrons. The SMILES string of the molecule is COc1ccc(OC)c2sc(N(Cc3ccccc3)C(=O)c3cc(C)nn3C(C)C)nc12. The molecule has 0 atom stereocenters. The largest absolute Gasteiger partial charge is 0.495 e. The Bertz CT molecular complexity index is 1210. The molecule has 0 N–H and O–H groups in total. The predicted octanol–water partition coefficient (Wildman–Crippen LogP) is 5.25. The van der Waals surface area contributed by atoms with Gasteiger partial charge >= 0.3 is 0 Å². The summed E-state index contributed by atoms with van der Waals surface area (Å²) in [5, 5.41) is 5.10. The molecule has 0 bridgehead atoms. The lowest BCUT2D eigenvalue weighted by atomic mass is 10.2. The summed E-state index contributed by atoms with van der Waals surface area (Å²) in [7, 11) is 3.23. The monoisotopic (exact) mass is 450 g/mol. The van der Waals surface area contributed by atoms with E-state index in [1.54, 1.807) is 23.8 Å². The number of methoxy groups -OCH3 is 2. The van der Waals surface area contributed by atoms with Crippen molar-refractivity contribution in [3.05, 3.63) is 65.5 Å². The van der Waals surface area contributed by atoms with Gasteiger partial charge in [-0.05, 0) is 44.5 Å². The van der Waals surface area contributed by atoms with Crippen LogP contribution in [0.2, 0.25) is 0 Å². The van der Waals surface area contributed by atoms with E-state index in [0.717, 1.165) is 16.0 Å². The van der Waals surface area contributed by atoms with Gasteiger partial charge in [0, 0.05) is 6.04 Å². The molecule has 0 unspecified atom stereocenters. The Labute approximate surface area is 191 Å². The molecule has 0 aliphatic heterocycles. The van der Waals surface area contributed by atoms with Crippen LogP contribution in [-0.2, 0) is 6.54 Å². The van der Waals surface area contributed by atoms with E-state index in [1.165, 1.54) is 11.3 Å². The molecule has 8 heteroatoms. The van der Waals surface area contributed by atoms with Gasteiger partial charge in [-0.15, -0.1) is 0 Å². The highest BCUT2D eigenvalue weighted by molar-refractivity contribution is 7.22. The fraction of sp³-hybridized carbons (Fsp3) is 0.292. The maximum Gasteiger partial charge on any atom is 0.278 e. The zero-order chi connectivity index (χ0) is 22.8. The molecular formula is C24H26N4O3S. The van der Waals surface area contributed by atoms with Crippen molar-refractivity contribution < 1.29 is 14.3 Å². The normalized spacial score (nSPS) is 11.2. The molecule has 0 aliphatic rings. The van der Waals surface area contributed by atoms with Gasteiger partial charge in [0.15, 0.2) is 5.13 Å². The maximum atomic E-state index is 13.8. The van der Waals surface area contributed by atoms with Crippen LogP contribution in [0.25, 0.3) is 10.2 Å². The molecule has 0 fully saturated rings. The van der Waals surface area contributed by atoms with Crippen LogP contribution in [0.5, 0.6) is 11.5 Å². The fourth-order valence-corrected chi connectivity index (χ4v) is 4.66. The number of anilines is 1. The van der Waals surface area contributed by atoms with Gasteiger partial charge in [0.25, 0.3) is 5.91 Å². The van der Waals surface area contributed by atoms with Gasteiger partial charge < -0.3 is 9.47 Å². The zero-order valence-corrected chi connectivity index (χ0v) is 19.6. The van der Waals surface area contributed by atoms with Crippen LogP contribution >= 0.6 is 11.3 Å². The number of rotatable bonds is 7. The van der Waals surface area contributed by atoms with Crippen molar-refractivity contribution in [2.24, 2.45) is 0 Å². The molecule has 2 aromatic heterocycles. The van der Waals surface area contributed by atoms with Crippen LogP contribution in [0.4, 0.5) is 5.13 Å². The number of thiazole rings is 1. The molecule has 7 nitrogen and oxygen atoms in total. The number of aryl methyl sites for hydroxylation is 1. The Morgan fingerprint density at radius 3 is 2.44 bits per heavy atom. The fourth-order valence-electron chi connectivity index (χ4n) is 3.59. The zero-order valence-electron chi connectivity index (χ0n) is 18.8. The Balaban J connectivity index is 1.86. The van der Waals surface area contributed by atoms with Crippen molar-refractivity contribution in [1.29, 1.82) is 0 Å². The lowest BCUT2D eigenvalue weighted by Gasteiger charge is -2.21. The third-order valence-electron chi connectivity index (χ3n) is 5.12. The van der Waals surface area contributed by atoms with Gasteiger partial charge in [-0.3, -0.25) is 14.4 Å². The average Bonchev–Trinajstić information content (AvgIpc) is 3.41. The molecule has 0 spiro atoms. The van der Waals surface area contributed by atoms with Crippen molar-refractivity contribution in [2.75, 3.05) is 19.1 Å². The minimum absolute atomic E-state index is 0.0526. The number of hydrogen-bond donors (Lipinski definition) is 0. The van der Waals surface area contributed by atoms with E-state index in [2.05, 4.69) is 5.10 Å². The molecule has 4 aromatic rings. The minimum Gasteiger partial charge on any atom is -0.495 e. The Morgan fingerprint density at radius 2 is 1.78 bits per heavy atom. The van der Waals surface area contributed by atoms with Crippen LogP contribution in [0.15, 0.2) is 48.5 Å². The second-order valence-electron chi connectivity index (χ2n) is 7.73. The van der Waals surface area contributed by atoms with E-state index in [-0.39, 0.29) is 11.9 Å². The summed E-state index contributed by atoms with van der Waals surface area (Å²) in [6, 6.07) is 15.4. The number of fused-ring (bicyclic) bond motifs is 1. The van der Waals surface area contributed by atoms with E-state index >= 15 is 0 Å². The van der Waals surface area contributed by atoms with Crippen LogP contribution in [0.1, 0.15) is 41.6 Å². The topological polar surface area (TPSA) is 69.5 Å². The summed E-state index contributed by atoms with van der Waals surface area (Å²) in [6.07, 6.45) is 0. The van der Waals surface area contributed by atoms with Gasteiger partial charge in [-0.25, -0.2) is 4.98 Å². The van der Waals surface area contributed by atoms with Gasteiger partial charge in [-0.1, -0.05) is 41.7 Å². The van der Waals surface area contributed by atoms with Crippen molar-refractivity contribution in [2.45, 2.75) is 33.4 Å². The standard InChI is InChI=1S/C24H26N4O3S/c1-15(2)28-18(13-16(3)26-28)23(29)27(14-17-9-7-6-8-10-17)24-25-21-19(30-4)11-12-20(31-5)22(21)32-24/h6-13,15H,14H2,1-5H3. The smallest absolute Gasteiger partial charge is 0.278 e. The first-order valence-electron chi connectivity index (χ1n) is 10.4. The quantitative estimate of drug-likeness (QED) is 0.385. The van der Waals surface area contributed by atoms with Gasteiger partial charge in [-0.2, -0.15) is 5.10 Å². The van der Waals surface area contributed by atoms with E-state index in [9.17, 15) is 4.79 Å². The van der Waals surface area contributed by atoms with Crippen molar-refractivity contribution in [3.8, 4) is 11.5 Å². The highest BCUT2D eigenvalue weighted by Crippen LogP contribution is 2.40. The molecule has 166 valence electrons. The van der Waals surface area contributed by atoms with Crippen molar-refractivity contribution in [3.63, 3.8) is 0 Å². The molecule has 1 amide bonds. The molecule has 0 aliphatic carbocycles. The third-order valence-corrected chi connectivity index (χ3v) is 6.22. The Kier molecular flexibility index (Phi) is 6.14. The number of carbonyl (C=O) groups excluding carboxylic acids is 1. The first kappa shape index (κ1) is 21.8. The first-order chi connectivity index (χ1) is 15.4. The summed E-state index contributed by atoms with van der Waals surface area (Å²) < 4.78 is 13.6. The van der Waals surface area contributed by atoms with Crippen molar-refractivity contribution >= 4 is 32.6 Å². The highest BCUT2D eigenvalue weighted by Gasteiger charge is 2.27. The lowest BCUT2D eigenvalue weighted by molar-refractivity contribution is 0.0973. The lowest BCUT2D eigenvalue weighted by Crippen LogP contribution is -2.32. The summed E-state index contributed by atoms with van der Waals surface area (Å²) in [5.41, 5.74) is 3.01. The number of benzene rings is 2. The Hall–Kier alpha value is -3.39. The van der Waals surface area contributed by atoms with Gasteiger partial charge in [0.2, 0.25) is 0 Å². The van der Waals surface area contributed by atoms with Crippen LogP contribution < -0.4 is 14.4 Å². The number of nitrogens with zero attached hydrogens (tertiary/aromatic N) is 4. The molecule has 0 saturated carbocycles. The summed E-state index contributed by atoms with van der Waals surface area (Å²) >= 11 is 1.41. The third kappa shape index (κ3) is 4.05. The molecule has 2 aromatic carbocycles. The number of ether oxygens (including phenoxy) is 2. The minimum atomic E-state index is -0.153. The molecule has 0 saturated heterocycles. The second kappa shape index (κ2) is 9.00. The van der Waals surface area contributed by atoms with Crippen molar-refractivity contribution in [1.82, 2.24) is 14.8 Å². The number of hydrogen-bond acceptors (Lipinski definition) is 6. The predicted molar refractivity (Wildman–Crippen MR) is 127 cm³/mol. The van der Waals surface area contributed by atoms with Gasteiger partial charge in [0.1, 0.15) is 27.4 Å². The molecule has 4 rings (SSSR count). The molecule has 2 heterocycles. The first-order valence-corrected chi connectivity index (χ1v) is 11.2.